The molecule has 2 aromatic carbocycles. The number of ether oxygens (including phenoxy) is 1. The molecule has 0 aliphatic heterocycles. The highest BCUT2D eigenvalue weighted by Crippen LogP contribution is 2.44. The molecule has 3 N–H and O–H groups in total. The first-order valence-electron chi connectivity index (χ1n) is 11.0. The molecular weight excluding hydrogens is 434 g/mol. The molecule has 1 aliphatic rings. The summed E-state index contributed by atoms with van der Waals surface area (Å²) >= 11 is 0. The van der Waals surface area contributed by atoms with Crippen molar-refractivity contribution in [2.45, 2.75) is 30.8 Å². The second-order valence-corrected chi connectivity index (χ2v) is 8.42. The SMILES string of the molecule is C#CCC(NC(=O)OCC1c2ccccc2-c2ccccc21)C(=O)NC(CCN(C)C)C(=O)O. The molecule has 0 saturated carbocycles. The highest BCUT2D eigenvalue weighted by atomic mass is 16.5. The molecule has 3 rings (SSSR count). The monoisotopic (exact) mass is 463 g/mol. The van der Waals surface area contributed by atoms with E-state index in [9.17, 15) is 19.5 Å². The Morgan fingerprint density at radius 2 is 1.62 bits per heavy atom. The number of alkyl carbamates (subject to hydrolysis) is 1. The maximum atomic E-state index is 12.7. The van der Waals surface area contributed by atoms with E-state index in [1.165, 1.54) is 0 Å². The van der Waals surface area contributed by atoms with Crippen molar-refractivity contribution in [2.75, 3.05) is 27.2 Å². The number of carbonyl (C=O) groups excluding carboxylic acids is 2. The van der Waals surface area contributed by atoms with Crippen LogP contribution in [0.15, 0.2) is 48.5 Å². The lowest BCUT2D eigenvalue weighted by atomic mass is 9.98. The summed E-state index contributed by atoms with van der Waals surface area (Å²) in [4.78, 5) is 38.5. The molecule has 1 aliphatic carbocycles. The molecule has 2 unspecified atom stereocenters. The van der Waals surface area contributed by atoms with Crippen LogP contribution >= 0.6 is 0 Å². The van der Waals surface area contributed by atoms with Gasteiger partial charge in [0, 0.05) is 18.9 Å². The van der Waals surface area contributed by atoms with Crippen LogP contribution in [-0.2, 0) is 14.3 Å². The van der Waals surface area contributed by atoms with Gasteiger partial charge in [-0.25, -0.2) is 9.59 Å². The van der Waals surface area contributed by atoms with Crippen LogP contribution in [-0.4, -0.2) is 67.3 Å². The number of rotatable bonds is 10. The van der Waals surface area contributed by atoms with Crippen LogP contribution in [0.25, 0.3) is 11.1 Å². The van der Waals surface area contributed by atoms with Gasteiger partial charge in [-0.15, -0.1) is 12.3 Å². The van der Waals surface area contributed by atoms with Crippen molar-refractivity contribution in [1.29, 1.82) is 0 Å². The lowest BCUT2D eigenvalue weighted by molar-refractivity contribution is -0.142. The predicted octanol–water partition coefficient (Wildman–Crippen LogP) is 2.44. The Morgan fingerprint density at radius 3 is 2.15 bits per heavy atom. The third kappa shape index (κ3) is 5.94. The number of hydrogen-bond donors (Lipinski definition) is 3. The summed E-state index contributed by atoms with van der Waals surface area (Å²) in [5, 5.41) is 14.3. The van der Waals surface area contributed by atoms with Crippen molar-refractivity contribution in [3.05, 3.63) is 59.7 Å². The van der Waals surface area contributed by atoms with E-state index >= 15 is 0 Å². The number of nitrogens with one attached hydrogen (secondary N) is 2. The van der Waals surface area contributed by atoms with Gasteiger partial charge in [-0.2, -0.15) is 0 Å². The lowest BCUT2D eigenvalue weighted by Gasteiger charge is -2.21. The van der Waals surface area contributed by atoms with Gasteiger partial charge < -0.3 is 25.4 Å². The van der Waals surface area contributed by atoms with Gasteiger partial charge in [-0.3, -0.25) is 4.79 Å². The molecule has 0 radical (unpaired) electrons. The minimum atomic E-state index is -1.16. The number of aliphatic carboxylic acids is 1. The number of benzene rings is 2. The topological polar surface area (TPSA) is 108 Å². The molecule has 2 atom stereocenters. The van der Waals surface area contributed by atoms with E-state index in [0.717, 1.165) is 22.3 Å². The zero-order valence-electron chi connectivity index (χ0n) is 19.3. The zero-order chi connectivity index (χ0) is 24.7. The van der Waals surface area contributed by atoms with Crippen molar-refractivity contribution in [1.82, 2.24) is 15.5 Å². The summed E-state index contributed by atoms with van der Waals surface area (Å²) in [6.45, 7) is 0.557. The van der Waals surface area contributed by atoms with Gasteiger partial charge >= 0.3 is 12.1 Å². The minimum absolute atomic E-state index is 0.0881. The van der Waals surface area contributed by atoms with Crippen LogP contribution in [0.1, 0.15) is 29.9 Å². The fraction of sp³-hybridized carbons (Fsp3) is 0.346. The number of nitrogens with zero attached hydrogens (tertiary/aromatic N) is 1. The number of carboxylic acids is 1. The van der Waals surface area contributed by atoms with Crippen LogP contribution in [0.3, 0.4) is 0 Å². The Hall–Kier alpha value is -3.83. The fourth-order valence-corrected chi connectivity index (χ4v) is 4.03. The first-order chi connectivity index (χ1) is 16.3. The molecular formula is C26H29N3O5. The fourth-order valence-electron chi connectivity index (χ4n) is 4.03. The molecule has 2 amide bonds. The molecule has 0 fully saturated rings. The van der Waals surface area contributed by atoms with E-state index in [1.54, 1.807) is 14.1 Å². The standard InChI is InChI=1S/C26H29N3O5/c1-4-9-22(24(30)27-23(25(31)32)14-15-29(2)3)28-26(33)34-16-21-19-12-7-5-10-17(19)18-11-6-8-13-20(18)21/h1,5-8,10-13,21-23H,9,14-16H2,2-3H3,(H,27,30)(H,28,33)(H,31,32). The van der Waals surface area contributed by atoms with Gasteiger partial charge in [0.15, 0.2) is 0 Å². The van der Waals surface area contributed by atoms with Gasteiger partial charge in [0.2, 0.25) is 5.91 Å². The maximum absolute atomic E-state index is 12.7. The maximum Gasteiger partial charge on any atom is 0.407 e. The highest BCUT2D eigenvalue weighted by Gasteiger charge is 2.30. The third-order valence-corrected chi connectivity index (χ3v) is 5.75. The largest absolute Gasteiger partial charge is 0.480 e. The second-order valence-electron chi connectivity index (χ2n) is 8.42. The average Bonchev–Trinajstić information content (AvgIpc) is 3.13. The quantitative estimate of drug-likeness (QED) is 0.467. The molecule has 178 valence electrons. The van der Waals surface area contributed by atoms with Crippen LogP contribution in [0, 0.1) is 12.3 Å². The van der Waals surface area contributed by atoms with Gasteiger partial charge in [-0.05, 0) is 42.8 Å². The Bertz CT molecular complexity index is 1050. The first kappa shape index (κ1) is 24.8. The smallest absolute Gasteiger partial charge is 0.407 e. The summed E-state index contributed by atoms with van der Waals surface area (Å²) in [7, 11) is 3.61. The van der Waals surface area contributed by atoms with Crippen molar-refractivity contribution < 1.29 is 24.2 Å². The van der Waals surface area contributed by atoms with Crippen LogP contribution in [0.4, 0.5) is 4.79 Å². The molecule has 8 heteroatoms. The second kappa shape index (κ2) is 11.3. The van der Waals surface area contributed by atoms with E-state index < -0.39 is 30.1 Å². The van der Waals surface area contributed by atoms with E-state index in [4.69, 9.17) is 11.2 Å². The number of carbonyl (C=O) groups is 3. The number of carboxylic acid groups (broad SMARTS) is 1. The Labute approximate surface area is 199 Å². The lowest BCUT2D eigenvalue weighted by Crippen LogP contribution is -2.52. The molecule has 0 aromatic heterocycles. The first-order valence-corrected chi connectivity index (χ1v) is 11.0. The normalized spacial score (nSPS) is 13.8. The van der Waals surface area contributed by atoms with Crippen molar-refractivity contribution in [2.24, 2.45) is 0 Å². The van der Waals surface area contributed by atoms with Crippen LogP contribution in [0.5, 0.6) is 0 Å². The number of amides is 2. The van der Waals surface area contributed by atoms with Gasteiger partial charge in [0.1, 0.15) is 18.7 Å². The number of hydrogen-bond acceptors (Lipinski definition) is 5. The van der Waals surface area contributed by atoms with Crippen molar-refractivity contribution >= 4 is 18.0 Å². The molecule has 0 spiro atoms. The van der Waals surface area contributed by atoms with Gasteiger partial charge in [0.25, 0.3) is 0 Å². The van der Waals surface area contributed by atoms with E-state index in [-0.39, 0.29) is 25.4 Å². The minimum Gasteiger partial charge on any atom is -0.480 e. The Kier molecular flexibility index (Phi) is 8.28. The van der Waals surface area contributed by atoms with Gasteiger partial charge in [0.05, 0.1) is 0 Å². The predicted molar refractivity (Wildman–Crippen MR) is 128 cm³/mol. The molecule has 0 heterocycles. The van der Waals surface area contributed by atoms with Gasteiger partial charge in [-0.1, -0.05) is 48.5 Å². The summed E-state index contributed by atoms with van der Waals surface area (Å²) in [6, 6.07) is 13.7. The van der Waals surface area contributed by atoms with Crippen LogP contribution < -0.4 is 10.6 Å². The van der Waals surface area contributed by atoms with E-state index in [0.29, 0.717) is 6.54 Å². The Morgan fingerprint density at radius 1 is 1.03 bits per heavy atom. The van der Waals surface area contributed by atoms with E-state index in [1.807, 2.05) is 53.4 Å². The number of fused-ring (bicyclic) bond motifs is 3. The summed E-state index contributed by atoms with van der Waals surface area (Å²) in [5.41, 5.74) is 4.35. The van der Waals surface area contributed by atoms with Crippen molar-refractivity contribution in [3.63, 3.8) is 0 Å². The highest BCUT2D eigenvalue weighted by molar-refractivity contribution is 5.89. The summed E-state index contributed by atoms with van der Waals surface area (Å²) in [6.07, 6.45) is 4.68. The average molecular weight is 464 g/mol. The van der Waals surface area contributed by atoms with Crippen molar-refractivity contribution in [3.8, 4) is 23.5 Å². The molecule has 0 bridgehead atoms. The summed E-state index contributed by atoms with van der Waals surface area (Å²) in [5.74, 6) is 0.393. The molecule has 2 aromatic rings. The third-order valence-electron chi connectivity index (χ3n) is 5.75. The molecule has 34 heavy (non-hydrogen) atoms. The molecule has 0 saturated heterocycles. The molecule has 8 nitrogen and oxygen atoms in total. The number of terminal acetylenes is 1. The Balaban J connectivity index is 1.63. The van der Waals surface area contributed by atoms with E-state index in [2.05, 4.69) is 16.6 Å². The summed E-state index contributed by atoms with van der Waals surface area (Å²) < 4.78 is 5.48. The zero-order valence-corrected chi connectivity index (χ0v) is 19.3. The van der Waals surface area contributed by atoms with Crippen LogP contribution in [0.2, 0.25) is 0 Å².